The number of unbranched alkanes of at least 4 members (excludes halogenated alkanes) is 1. The van der Waals surface area contributed by atoms with Crippen LogP contribution in [0.5, 0.6) is 0 Å². The molecule has 1 aromatic carbocycles. The molecule has 0 spiro atoms. The topological polar surface area (TPSA) is 95.1 Å². The van der Waals surface area contributed by atoms with Crippen molar-refractivity contribution < 1.29 is 0 Å². The lowest BCUT2D eigenvalue weighted by atomic mass is 9.86. The van der Waals surface area contributed by atoms with Crippen molar-refractivity contribution in [3.8, 4) is 0 Å². The highest BCUT2D eigenvalue weighted by Crippen LogP contribution is 2.28. The van der Waals surface area contributed by atoms with Crippen LogP contribution in [-0.4, -0.2) is 63.6 Å². The maximum Gasteiger partial charge on any atom is 0.221 e. The summed E-state index contributed by atoms with van der Waals surface area (Å²) in [6.45, 7) is 10.3. The van der Waals surface area contributed by atoms with Gasteiger partial charge in [-0.1, -0.05) is 32.9 Å². The zero-order valence-corrected chi connectivity index (χ0v) is 19.6. The monoisotopic (exact) mass is 435 g/mol. The molecule has 4 rings (SSSR count). The van der Waals surface area contributed by atoms with Gasteiger partial charge in [-0.3, -0.25) is 9.67 Å². The Hall–Kier alpha value is -3.23. The number of guanidine groups is 1. The van der Waals surface area contributed by atoms with Crippen LogP contribution in [0.2, 0.25) is 0 Å². The molecule has 0 saturated heterocycles. The van der Waals surface area contributed by atoms with Crippen LogP contribution in [0.4, 0.5) is 5.69 Å². The van der Waals surface area contributed by atoms with E-state index in [1.807, 2.05) is 18.1 Å². The van der Waals surface area contributed by atoms with Crippen molar-refractivity contribution in [2.45, 2.75) is 64.7 Å². The average Bonchev–Trinajstić information content (AvgIpc) is 3.38. The zero-order valence-electron chi connectivity index (χ0n) is 19.6. The fourth-order valence-corrected chi connectivity index (χ4v) is 3.82. The van der Waals surface area contributed by atoms with Gasteiger partial charge in [0.25, 0.3) is 0 Å². The molecule has 0 bridgehead atoms. The van der Waals surface area contributed by atoms with Crippen molar-refractivity contribution in [2.75, 3.05) is 18.9 Å². The summed E-state index contributed by atoms with van der Waals surface area (Å²) in [7, 11) is 2.03. The summed E-state index contributed by atoms with van der Waals surface area (Å²) in [5.74, 6) is 1.50. The molecule has 2 N–H and O–H groups in total. The van der Waals surface area contributed by atoms with Crippen molar-refractivity contribution in [1.82, 2.24) is 25.0 Å². The first kappa shape index (κ1) is 22.0. The Balaban J connectivity index is 1.49. The second-order valence-electron chi connectivity index (χ2n) is 9.44. The standard InChI is InChI=1S/C23H33N9/c1-16-8-9-17(23(2,3)4)12-18(16)28-21-19-20(26-15-31(19)5)29-22(30-21)25-10-6-7-11-32-14-24-13-27-32/h8-9,12-15,19-20H,6-7,10-11H2,1-5H3,(H2,25,28,29,30). The van der Waals surface area contributed by atoms with E-state index in [2.05, 4.69) is 76.5 Å². The van der Waals surface area contributed by atoms with E-state index < -0.39 is 0 Å². The van der Waals surface area contributed by atoms with Crippen molar-refractivity contribution in [3.05, 3.63) is 42.0 Å². The Labute approximate surface area is 189 Å². The highest BCUT2D eigenvalue weighted by atomic mass is 15.4. The number of anilines is 1. The summed E-state index contributed by atoms with van der Waals surface area (Å²) in [4.78, 5) is 20.2. The summed E-state index contributed by atoms with van der Waals surface area (Å²) < 4.78 is 1.84. The molecule has 2 atom stereocenters. The van der Waals surface area contributed by atoms with Crippen molar-refractivity contribution in [2.24, 2.45) is 15.0 Å². The maximum atomic E-state index is 4.85. The zero-order chi connectivity index (χ0) is 22.7. The molecule has 170 valence electrons. The molecule has 2 aliphatic heterocycles. The number of aryl methyl sites for hydroxylation is 2. The third kappa shape index (κ3) is 4.98. The molecule has 2 unspecified atom stereocenters. The first-order chi connectivity index (χ1) is 15.3. The molecule has 9 nitrogen and oxygen atoms in total. The third-order valence-electron chi connectivity index (χ3n) is 5.82. The number of aliphatic imine (C=N–C) groups is 3. The lowest BCUT2D eigenvalue weighted by molar-refractivity contribution is 0.417. The number of likely N-dealkylation sites (N-methyl/N-ethyl adjacent to an activating group) is 1. The quantitative estimate of drug-likeness (QED) is 0.681. The van der Waals surface area contributed by atoms with Crippen molar-refractivity contribution in [1.29, 1.82) is 0 Å². The second kappa shape index (κ2) is 9.10. The molecular formula is C23H33N9. The van der Waals surface area contributed by atoms with Gasteiger partial charge >= 0.3 is 0 Å². The van der Waals surface area contributed by atoms with Gasteiger partial charge < -0.3 is 15.5 Å². The fraction of sp³-hybridized carbons (Fsp3) is 0.522. The number of fused-ring (bicyclic) bond motifs is 1. The van der Waals surface area contributed by atoms with Crippen LogP contribution in [0.3, 0.4) is 0 Å². The van der Waals surface area contributed by atoms with Gasteiger partial charge in [-0.25, -0.2) is 9.98 Å². The number of nitrogens with one attached hydrogen (secondary N) is 2. The largest absolute Gasteiger partial charge is 0.352 e. The van der Waals surface area contributed by atoms with Crippen LogP contribution >= 0.6 is 0 Å². The number of hydrogen-bond donors (Lipinski definition) is 2. The lowest BCUT2D eigenvalue weighted by Gasteiger charge is -2.32. The van der Waals surface area contributed by atoms with E-state index in [9.17, 15) is 0 Å². The second-order valence-corrected chi connectivity index (χ2v) is 9.44. The molecule has 2 aromatic rings. The highest BCUT2D eigenvalue weighted by molar-refractivity contribution is 6.10. The van der Waals surface area contributed by atoms with Gasteiger partial charge in [0.1, 0.15) is 24.5 Å². The summed E-state index contributed by atoms with van der Waals surface area (Å²) in [6, 6.07) is 6.61. The Morgan fingerprint density at radius 2 is 2.06 bits per heavy atom. The molecule has 32 heavy (non-hydrogen) atoms. The maximum absolute atomic E-state index is 4.85. The molecule has 0 saturated carbocycles. The van der Waals surface area contributed by atoms with E-state index in [0.717, 1.165) is 30.9 Å². The number of hydrogen-bond acceptors (Lipinski definition) is 6. The predicted octanol–water partition coefficient (Wildman–Crippen LogP) is 2.80. The van der Waals surface area contributed by atoms with Crippen LogP contribution < -0.4 is 10.6 Å². The van der Waals surface area contributed by atoms with Gasteiger partial charge in [0.15, 0.2) is 6.17 Å². The number of rotatable bonds is 6. The van der Waals surface area contributed by atoms with E-state index in [0.29, 0.717) is 12.5 Å². The first-order valence-corrected chi connectivity index (χ1v) is 11.2. The minimum atomic E-state index is -0.0972. The molecule has 9 heteroatoms. The molecule has 0 fully saturated rings. The van der Waals surface area contributed by atoms with Gasteiger partial charge in [0.05, 0.1) is 6.34 Å². The Morgan fingerprint density at radius 1 is 1.22 bits per heavy atom. The van der Waals surface area contributed by atoms with Crippen molar-refractivity contribution >= 4 is 23.8 Å². The Morgan fingerprint density at radius 3 is 2.81 bits per heavy atom. The van der Waals surface area contributed by atoms with Gasteiger partial charge in [-0.05, 0) is 42.4 Å². The molecule has 3 heterocycles. The number of benzene rings is 1. The summed E-state index contributed by atoms with van der Waals surface area (Å²) in [5, 5.41) is 11.1. The summed E-state index contributed by atoms with van der Waals surface area (Å²) >= 11 is 0. The smallest absolute Gasteiger partial charge is 0.221 e. The third-order valence-corrected chi connectivity index (χ3v) is 5.82. The Bertz CT molecular complexity index is 1010. The number of aromatic nitrogens is 3. The normalized spacial score (nSPS) is 21.5. The number of nitrogens with zero attached hydrogens (tertiary/aromatic N) is 7. The molecule has 0 aliphatic carbocycles. The predicted molar refractivity (Wildman–Crippen MR) is 129 cm³/mol. The van der Waals surface area contributed by atoms with E-state index >= 15 is 0 Å². The minimum Gasteiger partial charge on any atom is -0.352 e. The van der Waals surface area contributed by atoms with Gasteiger partial charge in [-0.2, -0.15) is 10.1 Å². The molecular weight excluding hydrogens is 402 g/mol. The SMILES string of the molecule is Cc1ccc(C(C)(C)C)cc1NC1=NC(=NCCCCn2cncn2)NC2N=CN(C)C12. The van der Waals surface area contributed by atoms with Gasteiger partial charge in [0.2, 0.25) is 5.96 Å². The van der Waals surface area contributed by atoms with E-state index in [4.69, 9.17) is 9.98 Å². The van der Waals surface area contributed by atoms with Gasteiger partial charge in [-0.15, -0.1) is 0 Å². The van der Waals surface area contributed by atoms with Crippen LogP contribution in [0.15, 0.2) is 45.8 Å². The summed E-state index contributed by atoms with van der Waals surface area (Å²) in [5.41, 5.74) is 3.62. The molecule has 0 amide bonds. The Kier molecular flexibility index (Phi) is 6.25. The summed E-state index contributed by atoms with van der Waals surface area (Å²) in [6.07, 6.45) is 7.00. The van der Waals surface area contributed by atoms with E-state index in [1.165, 1.54) is 11.1 Å². The molecule has 1 aromatic heterocycles. The van der Waals surface area contributed by atoms with E-state index in [-0.39, 0.29) is 17.6 Å². The number of amidine groups is 1. The van der Waals surface area contributed by atoms with Crippen LogP contribution in [0.1, 0.15) is 44.7 Å². The highest BCUT2D eigenvalue weighted by Gasteiger charge is 2.37. The molecule has 2 aliphatic rings. The van der Waals surface area contributed by atoms with Crippen LogP contribution in [-0.2, 0) is 12.0 Å². The van der Waals surface area contributed by atoms with Crippen LogP contribution in [0.25, 0.3) is 0 Å². The lowest BCUT2D eigenvalue weighted by Crippen LogP contribution is -2.55. The first-order valence-electron chi connectivity index (χ1n) is 11.2. The average molecular weight is 436 g/mol. The van der Waals surface area contributed by atoms with Crippen molar-refractivity contribution in [3.63, 3.8) is 0 Å². The van der Waals surface area contributed by atoms with Gasteiger partial charge in [0, 0.05) is 25.8 Å². The minimum absolute atomic E-state index is 0.0129. The molecule has 0 radical (unpaired) electrons. The van der Waals surface area contributed by atoms with Crippen LogP contribution in [0, 0.1) is 6.92 Å². The fourth-order valence-electron chi connectivity index (χ4n) is 3.82. The van der Waals surface area contributed by atoms with E-state index in [1.54, 1.807) is 12.7 Å².